The van der Waals surface area contributed by atoms with Crippen molar-refractivity contribution in [2.45, 2.75) is 46.7 Å². The molecule has 1 N–H and O–H groups in total. The lowest BCUT2D eigenvalue weighted by atomic mass is 10.1. The Bertz CT molecular complexity index is 1150. The van der Waals surface area contributed by atoms with E-state index in [1.807, 2.05) is 20.8 Å². The molecule has 8 nitrogen and oxygen atoms in total. The highest BCUT2D eigenvalue weighted by Gasteiger charge is 2.32. The molecule has 0 fully saturated rings. The van der Waals surface area contributed by atoms with Crippen molar-refractivity contribution in [2.24, 2.45) is 5.92 Å². The summed E-state index contributed by atoms with van der Waals surface area (Å²) in [4.78, 5) is 28.2. The van der Waals surface area contributed by atoms with Crippen LogP contribution in [0.1, 0.15) is 39.7 Å². The third kappa shape index (κ3) is 8.79. The molecule has 11 heteroatoms. The Hall–Kier alpha value is -2.49. The first kappa shape index (κ1) is 30.7. The smallest absolute Gasteiger partial charge is 0.244 e. The Morgan fingerprint density at radius 3 is 2.11 bits per heavy atom. The number of halogens is 2. The molecule has 0 aliphatic carbocycles. The highest BCUT2D eigenvalue weighted by atomic mass is 35.5. The van der Waals surface area contributed by atoms with Gasteiger partial charge < -0.3 is 15.0 Å². The summed E-state index contributed by atoms with van der Waals surface area (Å²) >= 11 is 12.8. The lowest BCUT2D eigenvalue weighted by molar-refractivity contribution is -0.140. The summed E-state index contributed by atoms with van der Waals surface area (Å²) in [6.07, 6.45) is 1.33. The summed E-state index contributed by atoms with van der Waals surface area (Å²) in [6, 6.07) is 10.5. The van der Waals surface area contributed by atoms with Crippen LogP contribution in [0.5, 0.6) is 5.75 Å². The summed E-state index contributed by atoms with van der Waals surface area (Å²) < 4.78 is 31.9. The molecule has 0 bridgehead atoms. The van der Waals surface area contributed by atoms with E-state index in [0.29, 0.717) is 46.6 Å². The lowest BCUT2D eigenvalue weighted by Crippen LogP contribution is -2.52. The number of sulfonamides is 1. The van der Waals surface area contributed by atoms with Gasteiger partial charge >= 0.3 is 0 Å². The first-order valence-corrected chi connectivity index (χ1v) is 14.7. The Morgan fingerprint density at radius 1 is 1.03 bits per heavy atom. The topological polar surface area (TPSA) is 96.0 Å². The van der Waals surface area contributed by atoms with Crippen LogP contribution in [0.4, 0.5) is 5.69 Å². The number of hydrogen-bond acceptors (Lipinski definition) is 5. The maximum absolute atomic E-state index is 13.7. The number of anilines is 1. The summed E-state index contributed by atoms with van der Waals surface area (Å²) in [7, 11) is -3.84. The zero-order valence-corrected chi connectivity index (χ0v) is 24.2. The van der Waals surface area contributed by atoms with Gasteiger partial charge in [0.1, 0.15) is 18.3 Å². The normalized spacial score (nSPS) is 12.2. The van der Waals surface area contributed by atoms with Crippen molar-refractivity contribution in [3.8, 4) is 5.75 Å². The molecule has 0 unspecified atom stereocenters. The molecule has 37 heavy (non-hydrogen) atoms. The van der Waals surface area contributed by atoms with Gasteiger partial charge in [-0.1, -0.05) is 50.0 Å². The highest BCUT2D eigenvalue weighted by molar-refractivity contribution is 7.92. The number of nitrogens with one attached hydrogen (secondary N) is 1. The Kier molecular flexibility index (Phi) is 11.5. The number of hydrogen-bond donors (Lipinski definition) is 1. The van der Waals surface area contributed by atoms with E-state index in [-0.39, 0.29) is 18.4 Å². The van der Waals surface area contributed by atoms with Gasteiger partial charge in [-0.15, -0.1) is 0 Å². The van der Waals surface area contributed by atoms with Crippen LogP contribution >= 0.6 is 23.2 Å². The van der Waals surface area contributed by atoms with Crippen LogP contribution < -0.4 is 14.4 Å². The van der Waals surface area contributed by atoms with Crippen LogP contribution in [0.25, 0.3) is 0 Å². The molecule has 0 radical (unpaired) electrons. The van der Waals surface area contributed by atoms with Crippen LogP contribution in [0, 0.1) is 5.92 Å². The van der Waals surface area contributed by atoms with Gasteiger partial charge in [-0.05, 0) is 55.7 Å². The molecule has 0 saturated heterocycles. The van der Waals surface area contributed by atoms with Crippen molar-refractivity contribution < 1.29 is 22.7 Å². The standard InChI is InChI=1S/C26H35Cl2N3O5S/c1-6-24(26(33)29-15-18(3)4)30(16-21-22(27)9-8-10-23(21)28)25(32)17-31(37(5,34)35)19-11-13-20(14-12-19)36-7-2/h8-14,18,24H,6-7,15-17H2,1-5H3,(H,29,33)/t24-/m0/s1. The second-order valence-electron chi connectivity index (χ2n) is 8.98. The summed E-state index contributed by atoms with van der Waals surface area (Å²) in [5, 5.41) is 3.56. The third-order valence-electron chi connectivity index (χ3n) is 5.58. The van der Waals surface area contributed by atoms with Gasteiger partial charge in [-0.3, -0.25) is 13.9 Å². The van der Waals surface area contributed by atoms with Gasteiger partial charge in [0.25, 0.3) is 0 Å². The van der Waals surface area contributed by atoms with Crippen LogP contribution in [0.2, 0.25) is 10.0 Å². The summed E-state index contributed by atoms with van der Waals surface area (Å²) in [5.41, 5.74) is 0.772. The Labute approximate surface area is 229 Å². The molecule has 0 heterocycles. The second-order valence-corrected chi connectivity index (χ2v) is 11.7. The van der Waals surface area contributed by atoms with Crippen LogP contribution in [0.15, 0.2) is 42.5 Å². The molecule has 204 valence electrons. The van der Waals surface area contributed by atoms with Crippen molar-refractivity contribution >= 4 is 50.7 Å². The summed E-state index contributed by atoms with van der Waals surface area (Å²) in [5.74, 6) is -0.112. The lowest BCUT2D eigenvalue weighted by Gasteiger charge is -2.33. The molecule has 2 aromatic carbocycles. The van der Waals surface area contributed by atoms with E-state index in [4.69, 9.17) is 27.9 Å². The van der Waals surface area contributed by atoms with Crippen molar-refractivity contribution in [1.29, 1.82) is 0 Å². The number of benzene rings is 2. The number of carbonyl (C=O) groups is 2. The average Bonchev–Trinajstić information content (AvgIpc) is 2.82. The minimum atomic E-state index is -3.84. The minimum absolute atomic E-state index is 0.0637. The van der Waals surface area contributed by atoms with Gasteiger partial charge in [0, 0.05) is 28.7 Å². The van der Waals surface area contributed by atoms with Crippen molar-refractivity contribution in [1.82, 2.24) is 10.2 Å². The molecular formula is C26H35Cl2N3O5S. The minimum Gasteiger partial charge on any atom is -0.494 e. The van der Waals surface area contributed by atoms with Crippen LogP contribution in [0.3, 0.4) is 0 Å². The number of nitrogens with zero attached hydrogens (tertiary/aromatic N) is 2. The highest BCUT2D eigenvalue weighted by Crippen LogP contribution is 2.28. The van der Waals surface area contributed by atoms with Crippen LogP contribution in [-0.4, -0.2) is 57.1 Å². The van der Waals surface area contributed by atoms with E-state index in [9.17, 15) is 18.0 Å². The van der Waals surface area contributed by atoms with E-state index < -0.39 is 28.5 Å². The second kappa shape index (κ2) is 13.9. The Balaban J connectivity index is 2.46. The molecule has 0 aromatic heterocycles. The molecule has 0 spiro atoms. The van der Waals surface area contributed by atoms with Crippen molar-refractivity contribution in [2.75, 3.05) is 30.3 Å². The van der Waals surface area contributed by atoms with E-state index in [1.165, 1.54) is 4.90 Å². The number of ether oxygens (including phenoxy) is 1. The molecule has 0 aliphatic heterocycles. The van der Waals surface area contributed by atoms with Crippen molar-refractivity contribution in [3.05, 3.63) is 58.1 Å². The SMILES string of the molecule is CCOc1ccc(N(CC(=O)N(Cc2c(Cl)cccc2Cl)[C@@H](CC)C(=O)NCC(C)C)S(C)(=O)=O)cc1. The fourth-order valence-electron chi connectivity index (χ4n) is 3.68. The van der Waals surface area contributed by atoms with Crippen LogP contribution in [-0.2, 0) is 26.2 Å². The van der Waals surface area contributed by atoms with E-state index in [1.54, 1.807) is 49.4 Å². The Morgan fingerprint density at radius 2 is 1.62 bits per heavy atom. The zero-order chi connectivity index (χ0) is 27.8. The number of rotatable bonds is 13. The first-order valence-electron chi connectivity index (χ1n) is 12.1. The molecule has 1 atom stereocenters. The zero-order valence-electron chi connectivity index (χ0n) is 21.8. The quantitative estimate of drug-likeness (QED) is 0.374. The predicted octanol–water partition coefficient (Wildman–Crippen LogP) is 4.74. The fraction of sp³-hybridized carbons (Fsp3) is 0.462. The van der Waals surface area contributed by atoms with Gasteiger partial charge in [0.05, 0.1) is 18.6 Å². The summed E-state index contributed by atoms with van der Waals surface area (Å²) in [6.45, 7) is 7.89. The van der Waals surface area contributed by atoms with E-state index >= 15 is 0 Å². The number of amides is 2. The van der Waals surface area contributed by atoms with E-state index in [0.717, 1.165) is 10.6 Å². The maximum Gasteiger partial charge on any atom is 0.244 e. The van der Waals surface area contributed by atoms with E-state index in [2.05, 4.69) is 5.32 Å². The fourth-order valence-corrected chi connectivity index (χ4v) is 5.05. The molecule has 2 amide bonds. The maximum atomic E-state index is 13.7. The largest absolute Gasteiger partial charge is 0.494 e. The monoisotopic (exact) mass is 571 g/mol. The molecule has 2 aromatic rings. The van der Waals surface area contributed by atoms with Gasteiger partial charge in [0.15, 0.2) is 0 Å². The molecular weight excluding hydrogens is 537 g/mol. The molecule has 0 aliphatic rings. The van der Waals surface area contributed by atoms with Crippen molar-refractivity contribution in [3.63, 3.8) is 0 Å². The van der Waals surface area contributed by atoms with Gasteiger partial charge in [0.2, 0.25) is 21.8 Å². The molecule has 0 saturated carbocycles. The van der Waals surface area contributed by atoms with Gasteiger partial charge in [-0.2, -0.15) is 0 Å². The number of carbonyl (C=O) groups excluding carboxylic acids is 2. The first-order chi connectivity index (χ1) is 17.4. The third-order valence-corrected chi connectivity index (χ3v) is 7.42. The van der Waals surface area contributed by atoms with Gasteiger partial charge in [-0.25, -0.2) is 8.42 Å². The predicted molar refractivity (Wildman–Crippen MR) is 149 cm³/mol. The molecule has 2 rings (SSSR count). The average molecular weight is 573 g/mol.